The highest BCUT2D eigenvalue weighted by Crippen LogP contribution is 2.28. The molecule has 0 radical (unpaired) electrons. The van der Waals surface area contributed by atoms with Crippen molar-refractivity contribution in [1.29, 1.82) is 0 Å². The van der Waals surface area contributed by atoms with Crippen LogP contribution in [0.5, 0.6) is 0 Å². The molecule has 8 heteroatoms. The second-order valence-electron chi connectivity index (χ2n) is 7.93. The van der Waals surface area contributed by atoms with Gasteiger partial charge < -0.3 is 20.4 Å². The maximum Gasteiger partial charge on any atom is 0.321 e. The molecule has 2 aromatic rings. The largest absolute Gasteiger partial charge is 0.355 e. The predicted octanol–water partition coefficient (Wildman–Crippen LogP) is 3.69. The molecule has 2 aromatic carbocycles. The van der Waals surface area contributed by atoms with E-state index >= 15 is 0 Å². The van der Waals surface area contributed by atoms with Crippen molar-refractivity contribution in [2.45, 2.75) is 26.4 Å². The lowest BCUT2D eigenvalue weighted by Crippen LogP contribution is -2.49. The van der Waals surface area contributed by atoms with Crippen LogP contribution in [0.4, 0.5) is 16.2 Å². The molecule has 32 heavy (non-hydrogen) atoms. The van der Waals surface area contributed by atoms with Gasteiger partial charge in [-0.2, -0.15) is 11.8 Å². The molecule has 1 atom stereocenters. The number of para-hydroxylation sites is 1. The Kier molecular flexibility index (Phi) is 6.99. The van der Waals surface area contributed by atoms with E-state index in [-0.39, 0.29) is 5.91 Å². The number of fused-ring (bicyclic) bond motifs is 1. The minimum absolute atomic E-state index is 0.222. The number of urea groups is 1. The smallest absolute Gasteiger partial charge is 0.321 e. The van der Waals surface area contributed by atoms with E-state index < -0.39 is 12.2 Å². The van der Waals surface area contributed by atoms with Gasteiger partial charge in [-0.25, -0.2) is 9.79 Å². The maximum atomic E-state index is 13.5. The van der Waals surface area contributed by atoms with Crippen LogP contribution in [0.2, 0.25) is 0 Å². The molecule has 1 fully saturated rings. The number of amides is 3. The molecule has 2 aliphatic heterocycles. The molecule has 2 aliphatic rings. The number of hydrogen-bond acceptors (Lipinski definition) is 5. The zero-order valence-electron chi connectivity index (χ0n) is 18.5. The number of rotatable bonds is 4. The van der Waals surface area contributed by atoms with Crippen LogP contribution >= 0.6 is 11.8 Å². The van der Waals surface area contributed by atoms with Crippen molar-refractivity contribution in [2.75, 3.05) is 41.4 Å². The average Bonchev–Trinajstić information content (AvgIpc) is 2.90. The van der Waals surface area contributed by atoms with E-state index in [1.165, 1.54) is 0 Å². The lowest BCUT2D eigenvalue weighted by molar-refractivity contribution is -0.120. The molecular weight excluding hydrogens is 422 g/mol. The van der Waals surface area contributed by atoms with Crippen LogP contribution in [0, 0.1) is 6.92 Å². The minimum Gasteiger partial charge on any atom is -0.355 e. The number of carbonyl (C=O) groups is 2. The molecule has 0 saturated carbocycles. The summed E-state index contributed by atoms with van der Waals surface area (Å²) in [7, 11) is 0. The molecule has 2 heterocycles. The average molecular weight is 452 g/mol. The van der Waals surface area contributed by atoms with Gasteiger partial charge in [0.1, 0.15) is 5.84 Å². The van der Waals surface area contributed by atoms with Crippen molar-refractivity contribution in [2.24, 2.45) is 4.99 Å². The van der Waals surface area contributed by atoms with Gasteiger partial charge in [-0.05, 0) is 43.2 Å². The number of amidine groups is 1. The highest BCUT2D eigenvalue weighted by molar-refractivity contribution is 7.99. The summed E-state index contributed by atoms with van der Waals surface area (Å²) in [5.74, 6) is 2.58. The summed E-state index contributed by atoms with van der Waals surface area (Å²) in [4.78, 5) is 35.1. The van der Waals surface area contributed by atoms with Crippen molar-refractivity contribution >= 4 is 40.9 Å². The molecule has 2 N–H and O–H groups in total. The van der Waals surface area contributed by atoms with Gasteiger partial charge in [-0.15, -0.1) is 0 Å². The van der Waals surface area contributed by atoms with Gasteiger partial charge in [0.15, 0.2) is 0 Å². The van der Waals surface area contributed by atoms with E-state index in [2.05, 4.69) is 15.5 Å². The molecule has 0 aliphatic carbocycles. The van der Waals surface area contributed by atoms with Crippen molar-refractivity contribution in [3.8, 4) is 0 Å². The summed E-state index contributed by atoms with van der Waals surface area (Å²) in [6.45, 7) is 6.29. The second-order valence-corrected chi connectivity index (χ2v) is 9.15. The highest BCUT2D eigenvalue weighted by atomic mass is 32.2. The lowest BCUT2D eigenvalue weighted by Gasteiger charge is -2.30. The fraction of sp³-hybridized carbons (Fsp3) is 0.375. The Balaban J connectivity index is 1.67. The zero-order valence-corrected chi connectivity index (χ0v) is 19.3. The van der Waals surface area contributed by atoms with E-state index in [0.717, 1.165) is 53.7 Å². The van der Waals surface area contributed by atoms with E-state index in [4.69, 9.17) is 4.99 Å². The molecule has 4 rings (SSSR count). The van der Waals surface area contributed by atoms with Gasteiger partial charge in [0.05, 0.1) is 5.69 Å². The van der Waals surface area contributed by atoms with Crippen LogP contribution in [0.1, 0.15) is 24.5 Å². The SMILES string of the molecule is CCCN1C(=O)[C@H](NC(=O)Nc2cccc(C)c2)N=C(N2CCSCC2)c2ccccc21. The van der Waals surface area contributed by atoms with Crippen LogP contribution in [-0.4, -0.2) is 60.0 Å². The van der Waals surface area contributed by atoms with Crippen LogP contribution < -0.4 is 15.5 Å². The quantitative estimate of drug-likeness (QED) is 0.743. The summed E-state index contributed by atoms with van der Waals surface area (Å²) in [6.07, 6.45) is -0.193. The van der Waals surface area contributed by atoms with Crippen molar-refractivity contribution < 1.29 is 9.59 Å². The predicted molar refractivity (Wildman–Crippen MR) is 132 cm³/mol. The van der Waals surface area contributed by atoms with E-state index in [1.807, 2.05) is 74.1 Å². The van der Waals surface area contributed by atoms with Crippen molar-refractivity contribution in [3.05, 3.63) is 59.7 Å². The number of aliphatic imine (C=N–C) groups is 1. The highest BCUT2D eigenvalue weighted by Gasteiger charge is 2.34. The normalized spacial score (nSPS) is 18.5. The summed E-state index contributed by atoms with van der Waals surface area (Å²) >= 11 is 1.92. The van der Waals surface area contributed by atoms with Crippen molar-refractivity contribution in [1.82, 2.24) is 10.2 Å². The fourth-order valence-electron chi connectivity index (χ4n) is 4.00. The first kappa shape index (κ1) is 22.2. The summed E-state index contributed by atoms with van der Waals surface area (Å²) in [6, 6.07) is 15.0. The monoisotopic (exact) mass is 451 g/mol. The Morgan fingerprint density at radius 1 is 1.16 bits per heavy atom. The number of benzene rings is 2. The number of anilines is 2. The summed E-state index contributed by atoms with van der Waals surface area (Å²) in [5.41, 5.74) is 3.50. The van der Waals surface area contributed by atoms with Gasteiger partial charge in [0, 0.05) is 42.4 Å². The summed E-state index contributed by atoms with van der Waals surface area (Å²) in [5, 5.41) is 5.63. The van der Waals surface area contributed by atoms with Crippen LogP contribution in [0.25, 0.3) is 0 Å². The Labute approximate surface area is 193 Å². The maximum absolute atomic E-state index is 13.5. The molecular formula is C24H29N5O2S. The molecule has 3 amide bonds. The zero-order chi connectivity index (χ0) is 22.5. The second kappa shape index (κ2) is 10.1. The molecule has 0 unspecified atom stereocenters. The number of nitrogens with zero attached hydrogens (tertiary/aromatic N) is 3. The third-order valence-corrected chi connectivity index (χ3v) is 6.43. The fourth-order valence-corrected chi connectivity index (χ4v) is 4.90. The van der Waals surface area contributed by atoms with Gasteiger partial charge in [-0.1, -0.05) is 31.2 Å². The first-order valence-electron chi connectivity index (χ1n) is 11.0. The molecule has 0 aromatic heterocycles. The number of nitrogens with one attached hydrogen (secondary N) is 2. The molecule has 0 bridgehead atoms. The van der Waals surface area contributed by atoms with Gasteiger partial charge in [0.25, 0.3) is 5.91 Å². The Bertz CT molecular complexity index is 1020. The Hall–Kier alpha value is -3.00. The number of benzodiazepines with no additional fused rings is 1. The van der Waals surface area contributed by atoms with Gasteiger partial charge in [-0.3, -0.25) is 4.79 Å². The van der Waals surface area contributed by atoms with Crippen LogP contribution in [-0.2, 0) is 4.79 Å². The molecule has 7 nitrogen and oxygen atoms in total. The minimum atomic E-state index is -0.997. The Morgan fingerprint density at radius 2 is 1.94 bits per heavy atom. The van der Waals surface area contributed by atoms with Crippen molar-refractivity contribution in [3.63, 3.8) is 0 Å². The number of hydrogen-bond donors (Lipinski definition) is 2. The number of carbonyl (C=O) groups excluding carboxylic acids is 2. The number of aryl methyl sites for hydroxylation is 1. The van der Waals surface area contributed by atoms with E-state index in [9.17, 15) is 9.59 Å². The molecule has 0 spiro atoms. The van der Waals surface area contributed by atoms with Gasteiger partial charge in [0.2, 0.25) is 6.17 Å². The summed E-state index contributed by atoms with van der Waals surface area (Å²) < 4.78 is 0. The van der Waals surface area contributed by atoms with Crippen LogP contribution in [0.15, 0.2) is 53.5 Å². The standard InChI is InChI=1S/C24H29N5O2S/c1-3-11-29-20-10-5-4-9-19(20)22(28-12-14-32-15-13-28)26-21(23(29)30)27-24(31)25-18-8-6-7-17(2)16-18/h4-10,16,21H,3,11-15H2,1-2H3,(H2,25,27,31)/t21-/m0/s1. The third kappa shape index (κ3) is 4.91. The Morgan fingerprint density at radius 3 is 2.69 bits per heavy atom. The first-order chi connectivity index (χ1) is 15.6. The van der Waals surface area contributed by atoms with Crippen LogP contribution in [0.3, 0.4) is 0 Å². The van der Waals surface area contributed by atoms with E-state index in [0.29, 0.717) is 12.2 Å². The molecule has 1 saturated heterocycles. The van der Waals surface area contributed by atoms with Gasteiger partial charge >= 0.3 is 6.03 Å². The first-order valence-corrected chi connectivity index (χ1v) is 12.2. The molecule has 168 valence electrons. The van der Waals surface area contributed by atoms with E-state index in [1.54, 1.807) is 4.90 Å². The lowest BCUT2D eigenvalue weighted by atomic mass is 10.1. The third-order valence-electron chi connectivity index (χ3n) is 5.49. The number of thioether (sulfide) groups is 1. The topological polar surface area (TPSA) is 77.0 Å².